The number of halogens is 2. The zero-order chi connectivity index (χ0) is 10.7. The number of rotatable bonds is 3. The molecule has 78 valence electrons. The largest absolute Gasteiger partial charge is 0.505 e. The smallest absolute Gasteiger partial charge is 0.170 e. The molecule has 0 saturated heterocycles. The molecular weight excluding hydrogens is 211 g/mol. The number of benzene rings is 1. The van der Waals surface area contributed by atoms with Crippen LogP contribution in [-0.4, -0.2) is 27.3 Å². The summed E-state index contributed by atoms with van der Waals surface area (Å²) < 4.78 is 13.2. The van der Waals surface area contributed by atoms with Crippen molar-refractivity contribution in [3.63, 3.8) is 0 Å². The van der Waals surface area contributed by atoms with Crippen LogP contribution in [0, 0.1) is 5.82 Å². The molecule has 0 amide bonds. The first-order valence-corrected chi connectivity index (χ1v) is 4.51. The third-order valence-electron chi connectivity index (χ3n) is 1.85. The lowest BCUT2D eigenvalue weighted by Crippen LogP contribution is -2.20. The normalized spacial score (nSPS) is 15.1. The van der Waals surface area contributed by atoms with Crippen molar-refractivity contribution in [2.24, 2.45) is 0 Å². The first kappa shape index (κ1) is 11.2. The zero-order valence-corrected chi connectivity index (χ0v) is 7.95. The van der Waals surface area contributed by atoms with E-state index in [1.165, 1.54) is 12.1 Å². The molecular formula is C9H10ClFO3. The molecule has 0 fully saturated rings. The lowest BCUT2D eigenvalue weighted by Gasteiger charge is -2.16. The molecule has 2 unspecified atom stereocenters. The van der Waals surface area contributed by atoms with E-state index in [9.17, 15) is 9.50 Å². The molecule has 1 aromatic rings. The van der Waals surface area contributed by atoms with Crippen LogP contribution in [0.25, 0.3) is 0 Å². The zero-order valence-electron chi connectivity index (χ0n) is 7.19. The molecule has 0 radical (unpaired) electrons. The van der Waals surface area contributed by atoms with Gasteiger partial charge in [0.1, 0.15) is 6.10 Å². The number of phenolic OH excluding ortho intramolecular Hbond substituents is 1. The Morgan fingerprint density at radius 2 is 2.00 bits per heavy atom. The second kappa shape index (κ2) is 4.59. The van der Waals surface area contributed by atoms with Gasteiger partial charge in [-0.15, -0.1) is 11.6 Å². The van der Waals surface area contributed by atoms with Crippen LogP contribution in [0.3, 0.4) is 0 Å². The number of aliphatic hydroxyl groups excluding tert-OH is 2. The van der Waals surface area contributed by atoms with Gasteiger partial charge in [0.15, 0.2) is 11.6 Å². The highest BCUT2D eigenvalue weighted by atomic mass is 35.5. The molecule has 0 aliphatic heterocycles. The number of aliphatic hydroxyl groups is 2. The lowest BCUT2D eigenvalue weighted by molar-refractivity contribution is 0.0302. The minimum absolute atomic E-state index is 0.168. The number of hydrogen-bond donors (Lipinski definition) is 3. The maximum absolute atomic E-state index is 13.2. The van der Waals surface area contributed by atoms with Crippen LogP contribution in [0.5, 0.6) is 5.75 Å². The summed E-state index contributed by atoms with van der Waals surface area (Å²) in [5.74, 6) is -1.72. The average molecular weight is 221 g/mol. The topological polar surface area (TPSA) is 60.7 Å². The quantitative estimate of drug-likeness (QED) is 0.670. The van der Waals surface area contributed by atoms with Crippen LogP contribution in [0.15, 0.2) is 18.2 Å². The van der Waals surface area contributed by atoms with E-state index in [2.05, 4.69) is 0 Å². The van der Waals surface area contributed by atoms with Crippen LogP contribution < -0.4 is 0 Å². The number of aromatic hydroxyl groups is 1. The van der Waals surface area contributed by atoms with Gasteiger partial charge in [-0.05, 0) is 6.07 Å². The lowest BCUT2D eigenvalue weighted by atomic mass is 10.0. The van der Waals surface area contributed by atoms with E-state index in [0.717, 1.165) is 6.07 Å². The van der Waals surface area contributed by atoms with Gasteiger partial charge in [0.2, 0.25) is 0 Å². The van der Waals surface area contributed by atoms with Gasteiger partial charge in [-0.1, -0.05) is 12.1 Å². The van der Waals surface area contributed by atoms with Gasteiger partial charge in [-0.2, -0.15) is 0 Å². The monoisotopic (exact) mass is 220 g/mol. The van der Waals surface area contributed by atoms with Crippen molar-refractivity contribution in [3.8, 4) is 5.75 Å². The Kier molecular flexibility index (Phi) is 3.69. The molecule has 3 N–H and O–H groups in total. The van der Waals surface area contributed by atoms with Crippen molar-refractivity contribution >= 4 is 11.6 Å². The first-order valence-electron chi connectivity index (χ1n) is 3.97. The van der Waals surface area contributed by atoms with Crippen LogP contribution in [0.2, 0.25) is 0 Å². The van der Waals surface area contributed by atoms with Crippen molar-refractivity contribution in [3.05, 3.63) is 29.6 Å². The van der Waals surface area contributed by atoms with Crippen molar-refractivity contribution in [1.82, 2.24) is 0 Å². The van der Waals surface area contributed by atoms with Crippen LogP contribution in [-0.2, 0) is 0 Å². The van der Waals surface area contributed by atoms with E-state index in [1.807, 2.05) is 0 Å². The molecule has 1 rings (SSSR count). The standard InChI is InChI=1S/C9H10ClFO3/c10-4-7(13)9(14)5-2-1-3-6(12)8(5)11/h1-3,7,9,12-14H,4H2. The third kappa shape index (κ3) is 2.15. The summed E-state index contributed by atoms with van der Waals surface area (Å²) in [6.07, 6.45) is -2.69. The summed E-state index contributed by atoms with van der Waals surface area (Å²) >= 11 is 5.29. The molecule has 3 nitrogen and oxygen atoms in total. The minimum Gasteiger partial charge on any atom is -0.505 e. The van der Waals surface area contributed by atoms with E-state index in [1.54, 1.807) is 0 Å². The van der Waals surface area contributed by atoms with E-state index < -0.39 is 23.8 Å². The maximum Gasteiger partial charge on any atom is 0.170 e. The van der Waals surface area contributed by atoms with E-state index in [-0.39, 0.29) is 11.4 Å². The van der Waals surface area contributed by atoms with Gasteiger partial charge >= 0.3 is 0 Å². The van der Waals surface area contributed by atoms with Crippen molar-refractivity contribution in [2.75, 3.05) is 5.88 Å². The van der Waals surface area contributed by atoms with Crippen molar-refractivity contribution in [1.29, 1.82) is 0 Å². The van der Waals surface area contributed by atoms with Crippen LogP contribution >= 0.6 is 11.6 Å². The summed E-state index contributed by atoms with van der Waals surface area (Å²) in [4.78, 5) is 0. The Morgan fingerprint density at radius 1 is 1.36 bits per heavy atom. The molecule has 0 aromatic heterocycles. The molecule has 0 spiro atoms. The summed E-state index contributed by atoms with van der Waals surface area (Å²) in [5, 5.41) is 27.6. The van der Waals surface area contributed by atoms with Crippen LogP contribution in [0.4, 0.5) is 4.39 Å². The van der Waals surface area contributed by atoms with Gasteiger partial charge in [0.25, 0.3) is 0 Å². The predicted molar refractivity (Wildman–Crippen MR) is 49.8 cm³/mol. The fourth-order valence-corrected chi connectivity index (χ4v) is 1.23. The van der Waals surface area contributed by atoms with E-state index >= 15 is 0 Å². The summed E-state index contributed by atoms with van der Waals surface area (Å²) in [6, 6.07) is 3.80. The van der Waals surface area contributed by atoms with Crippen LogP contribution in [0.1, 0.15) is 11.7 Å². The molecule has 14 heavy (non-hydrogen) atoms. The van der Waals surface area contributed by atoms with Gasteiger partial charge < -0.3 is 15.3 Å². The second-order valence-electron chi connectivity index (χ2n) is 2.85. The van der Waals surface area contributed by atoms with Crippen molar-refractivity contribution < 1.29 is 19.7 Å². The molecule has 0 aliphatic rings. The first-order chi connectivity index (χ1) is 6.57. The van der Waals surface area contributed by atoms with E-state index in [4.69, 9.17) is 21.8 Å². The fourth-order valence-electron chi connectivity index (χ4n) is 1.06. The Hall–Kier alpha value is -0.840. The molecule has 0 bridgehead atoms. The summed E-state index contributed by atoms with van der Waals surface area (Å²) in [7, 11) is 0. The fraction of sp³-hybridized carbons (Fsp3) is 0.333. The Balaban J connectivity index is 3.01. The maximum atomic E-state index is 13.2. The molecule has 5 heteroatoms. The molecule has 0 aliphatic carbocycles. The van der Waals surface area contributed by atoms with Gasteiger partial charge in [-0.25, -0.2) is 4.39 Å². The molecule has 2 atom stereocenters. The predicted octanol–water partition coefficient (Wildman–Crippen LogP) is 1.16. The highest BCUT2D eigenvalue weighted by Gasteiger charge is 2.21. The highest BCUT2D eigenvalue weighted by Crippen LogP contribution is 2.26. The van der Waals surface area contributed by atoms with Gasteiger partial charge in [-0.3, -0.25) is 0 Å². The second-order valence-corrected chi connectivity index (χ2v) is 3.16. The summed E-state index contributed by atoms with van der Waals surface area (Å²) in [6.45, 7) is 0. The minimum atomic E-state index is -1.43. The number of hydrogen-bond acceptors (Lipinski definition) is 3. The average Bonchev–Trinajstić information content (AvgIpc) is 2.20. The molecule has 0 saturated carbocycles. The third-order valence-corrected chi connectivity index (χ3v) is 2.17. The molecule has 1 aromatic carbocycles. The Morgan fingerprint density at radius 3 is 2.57 bits per heavy atom. The Bertz CT molecular complexity index is 319. The highest BCUT2D eigenvalue weighted by molar-refractivity contribution is 6.18. The molecule has 0 heterocycles. The van der Waals surface area contributed by atoms with E-state index in [0.29, 0.717) is 0 Å². The van der Waals surface area contributed by atoms with Gasteiger partial charge in [0, 0.05) is 5.56 Å². The Labute approximate surface area is 85.4 Å². The SMILES string of the molecule is Oc1cccc(C(O)C(O)CCl)c1F. The number of alkyl halides is 1. The number of phenols is 1. The van der Waals surface area contributed by atoms with Gasteiger partial charge in [0.05, 0.1) is 12.0 Å². The van der Waals surface area contributed by atoms with Crippen molar-refractivity contribution in [2.45, 2.75) is 12.2 Å². The summed E-state index contributed by atoms with van der Waals surface area (Å²) in [5.41, 5.74) is -0.168.